The van der Waals surface area contributed by atoms with Crippen LogP contribution < -0.4 is 11.5 Å². The second-order valence-electron chi connectivity index (χ2n) is 5.41. The van der Waals surface area contributed by atoms with Crippen molar-refractivity contribution in [2.45, 2.75) is 26.4 Å². The number of fused-ring (bicyclic) bond motifs is 1. The van der Waals surface area contributed by atoms with Crippen molar-refractivity contribution in [1.82, 2.24) is 4.57 Å². The molecule has 1 aromatic heterocycles. The van der Waals surface area contributed by atoms with E-state index in [4.69, 9.17) is 10.2 Å². The minimum absolute atomic E-state index is 0.246. The van der Waals surface area contributed by atoms with E-state index in [9.17, 15) is 4.79 Å². The van der Waals surface area contributed by atoms with Crippen molar-refractivity contribution in [2.75, 3.05) is 0 Å². The Morgan fingerprint density at radius 3 is 2.71 bits per heavy atom. The molecule has 4 heteroatoms. The average molecular weight is 282 g/mol. The zero-order valence-corrected chi connectivity index (χ0v) is 12.2. The van der Waals surface area contributed by atoms with E-state index >= 15 is 0 Å². The largest absolute Gasteiger partial charge is 0.420 e. The molecule has 2 aromatic carbocycles. The van der Waals surface area contributed by atoms with Crippen LogP contribution in [0, 0.1) is 13.8 Å². The molecule has 1 atom stereocenters. The SMILES string of the molecule is Cc1ccc(C(N)Cn2c(=O)oc3ccccc32)c(C)c1. The molecule has 0 radical (unpaired) electrons. The van der Waals surface area contributed by atoms with Gasteiger partial charge in [-0.3, -0.25) is 4.57 Å². The average Bonchev–Trinajstić information content (AvgIpc) is 2.75. The Bertz CT molecular complexity index is 845. The van der Waals surface area contributed by atoms with Crippen LogP contribution in [0.25, 0.3) is 11.1 Å². The standard InChI is InChI=1S/C17H18N2O2/c1-11-7-8-13(12(2)9-11)14(18)10-19-15-5-3-4-6-16(15)21-17(19)20/h3-9,14H,10,18H2,1-2H3. The lowest BCUT2D eigenvalue weighted by Gasteiger charge is -2.15. The monoisotopic (exact) mass is 282 g/mol. The van der Waals surface area contributed by atoms with Gasteiger partial charge in [0.05, 0.1) is 5.52 Å². The Kier molecular flexibility index (Phi) is 3.39. The van der Waals surface area contributed by atoms with Crippen molar-refractivity contribution in [2.24, 2.45) is 5.73 Å². The Labute approximate surface area is 122 Å². The zero-order chi connectivity index (χ0) is 15.0. The Morgan fingerprint density at radius 1 is 1.19 bits per heavy atom. The molecule has 0 aliphatic heterocycles. The van der Waals surface area contributed by atoms with Gasteiger partial charge >= 0.3 is 5.76 Å². The van der Waals surface area contributed by atoms with Gasteiger partial charge in [-0.1, -0.05) is 35.9 Å². The highest BCUT2D eigenvalue weighted by Crippen LogP contribution is 2.20. The van der Waals surface area contributed by atoms with Gasteiger partial charge < -0.3 is 10.2 Å². The summed E-state index contributed by atoms with van der Waals surface area (Å²) >= 11 is 0. The van der Waals surface area contributed by atoms with Gasteiger partial charge in [0, 0.05) is 12.6 Å². The fourth-order valence-electron chi connectivity index (χ4n) is 2.72. The number of aromatic nitrogens is 1. The van der Waals surface area contributed by atoms with Crippen LogP contribution in [0.4, 0.5) is 0 Å². The van der Waals surface area contributed by atoms with E-state index < -0.39 is 0 Å². The number of rotatable bonds is 3. The van der Waals surface area contributed by atoms with Crippen LogP contribution in [0.2, 0.25) is 0 Å². The van der Waals surface area contributed by atoms with Gasteiger partial charge in [0.1, 0.15) is 0 Å². The van der Waals surface area contributed by atoms with Gasteiger partial charge in [-0.25, -0.2) is 4.79 Å². The van der Waals surface area contributed by atoms with Crippen LogP contribution in [0.3, 0.4) is 0 Å². The third kappa shape index (κ3) is 2.50. The van der Waals surface area contributed by atoms with Crippen LogP contribution in [0.1, 0.15) is 22.7 Å². The molecule has 4 nitrogen and oxygen atoms in total. The van der Waals surface area contributed by atoms with Gasteiger partial charge in [0.25, 0.3) is 0 Å². The van der Waals surface area contributed by atoms with Gasteiger partial charge in [-0.2, -0.15) is 0 Å². The summed E-state index contributed by atoms with van der Waals surface area (Å²) in [6, 6.07) is 13.3. The lowest BCUT2D eigenvalue weighted by Crippen LogP contribution is -2.24. The first-order valence-electron chi connectivity index (χ1n) is 6.97. The topological polar surface area (TPSA) is 61.2 Å². The van der Waals surface area contributed by atoms with Crippen LogP contribution in [-0.4, -0.2) is 4.57 Å². The number of para-hydroxylation sites is 2. The molecule has 0 spiro atoms. The molecule has 0 amide bonds. The fraction of sp³-hybridized carbons (Fsp3) is 0.235. The highest BCUT2D eigenvalue weighted by atomic mass is 16.4. The first-order chi connectivity index (χ1) is 10.1. The van der Waals surface area contributed by atoms with Crippen LogP contribution in [0.5, 0.6) is 0 Å². The second-order valence-corrected chi connectivity index (χ2v) is 5.41. The predicted molar refractivity (Wildman–Crippen MR) is 83.3 cm³/mol. The number of nitrogens with two attached hydrogens (primary N) is 1. The molecule has 1 heterocycles. The van der Waals surface area contributed by atoms with E-state index in [2.05, 4.69) is 13.0 Å². The quantitative estimate of drug-likeness (QED) is 0.803. The molecule has 3 aromatic rings. The molecule has 0 bridgehead atoms. The van der Waals surface area contributed by atoms with Crippen molar-refractivity contribution in [3.63, 3.8) is 0 Å². The summed E-state index contributed by atoms with van der Waals surface area (Å²) in [5.41, 5.74) is 11.1. The number of benzene rings is 2. The third-order valence-corrected chi connectivity index (χ3v) is 3.78. The maximum atomic E-state index is 12.0. The Morgan fingerprint density at radius 2 is 1.95 bits per heavy atom. The molecular weight excluding hydrogens is 264 g/mol. The first kappa shape index (κ1) is 13.6. The minimum atomic E-state index is -0.364. The molecule has 2 N–H and O–H groups in total. The molecule has 21 heavy (non-hydrogen) atoms. The van der Waals surface area contributed by atoms with Crippen LogP contribution in [0.15, 0.2) is 51.7 Å². The van der Waals surface area contributed by atoms with Crippen molar-refractivity contribution in [3.8, 4) is 0 Å². The second kappa shape index (κ2) is 5.22. The highest BCUT2D eigenvalue weighted by Gasteiger charge is 2.15. The normalized spacial score (nSPS) is 12.7. The van der Waals surface area contributed by atoms with E-state index in [1.165, 1.54) is 5.56 Å². The Balaban J connectivity index is 1.98. The maximum Gasteiger partial charge on any atom is 0.420 e. The molecular formula is C17H18N2O2. The van der Waals surface area contributed by atoms with Gasteiger partial charge in [0.2, 0.25) is 0 Å². The predicted octanol–water partition coefficient (Wildman–Crippen LogP) is 2.91. The van der Waals surface area contributed by atoms with Crippen LogP contribution in [-0.2, 0) is 6.54 Å². The zero-order valence-electron chi connectivity index (χ0n) is 12.2. The number of oxazole rings is 1. The fourth-order valence-corrected chi connectivity index (χ4v) is 2.72. The van der Waals surface area contributed by atoms with Crippen LogP contribution >= 0.6 is 0 Å². The summed E-state index contributed by atoms with van der Waals surface area (Å²) in [5, 5.41) is 0. The van der Waals surface area contributed by atoms with Gasteiger partial charge in [0.15, 0.2) is 5.58 Å². The van der Waals surface area contributed by atoms with E-state index in [1.807, 2.05) is 37.3 Å². The van der Waals surface area contributed by atoms with E-state index in [-0.39, 0.29) is 11.8 Å². The number of hydrogen-bond acceptors (Lipinski definition) is 3. The minimum Gasteiger partial charge on any atom is -0.408 e. The Hall–Kier alpha value is -2.33. The van der Waals surface area contributed by atoms with Crippen molar-refractivity contribution < 1.29 is 4.42 Å². The maximum absolute atomic E-state index is 12.0. The van der Waals surface area contributed by atoms with Crippen molar-refractivity contribution >= 4 is 11.1 Å². The van der Waals surface area contributed by atoms with Gasteiger partial charge in [-0.05, 0) is 37.1 Å². The summed E-state index contributed by atoms with van der Waals surface area (Å²) in [4.78, 5) is 12.0. The summed E-state index contributed by atoms with van der Waals surface area (Å²) in [7, 11) is 0. The molecule has 0 saturated carbocycles. The smallest absolute Gasteiger partial charge is 0.408 e. The lowest BCUT2D eigenvalue weighted by atomic mass is 10.00. The summed E-state index contributed by atoms with van der Waals surface area (Å²) in [5.74, 6) is -0.364. The first-order valence-corrected chi connectivity index (χ1v) is 6.97. The van der Waals surface area contributed by atoms with Crippen molar-refractivity contribution in [1.29, 1.82) is 0 Å². The van der Waals surface area contributed by atoms with Crippen molar-refractivity contribution in [3.05, 3.63) is 69.7 Å². The molecule has 0 saturated heterocycles. The molecule has 1 unspecified atom stereocenters. The highest BCUT2D eigenvalue weighted by molar-refractivity contribution is 5.72. The number of hydrogen-bond donors (Lipinski definition) is 1. The molecule has 0 aliphatic carbocycles. The lowest BCUT2D eigenvalue weighted by molar-refractivity contribution is 0.480. The van der Waals surface area contributed by atoms with E-state index in [1.54, 1.807) is 10.6 Å². The molecule has 3 rings (SSSR count). The number of nitrogens with zero attached hydrogens (tertiary/aromatic N) is 1. The van der Waals surface area contributed by atoms with E-state index in [0.717, 1.165) is 16.6 Å². The molecule has 0 fully saturated rings. The third-order valence-electron chi connectivity index (χ3n) is 3.78. The summed E-state index contributed by atoms with van der Waals surface area (Å²) in [6.45, 7) is 4.49. The summed E-state index contributed by atoms with van der Waals surface area (Å²) in [6.07, 6.45) is 0. The van der Waals surface area contributed by atoms with E-state index in [0.29, 0.717) is 12.1 Å². The summed E-state index contributed by atoms with van der Waals surface area (Å²) < 4.78 is 6.83. The number of aryl methyl sites for hydroxylation is 2. The molecule has 0 aliphatic rings. The van der Waals surface area contributed by atoms with Gasteiger partial charge in [-0.15, -0.1) is 0 Å². The molecule has 108 valence electrons.